The highest BCUT2D eigenvalue weighted by molar-refractivity contribution is 8.15. The number of alkyl halides is 3. The largest absolute Gasteiger partial charge is 0.493 e. The van der Waals surface area contributed by atoms with Crippen LogP contribution in [0.15, 0.2) is 52.7 Å². The van der Waals surface area contributed by atoms with Gasteiger partial charge in [0.25, 0.3) is 0 Å². The van der Waals surface area contributed by atoms with Gasteiger partial charge in [-0.3, -0.25) is 9.59 Å². The minimum Gasteiger partial charge on any atom is -0.493 e. The molecule has 0 aliphatic carbocycles. The third-order valence-corrected chi connectivity index (χ3v) is 5.46. The monoisotopic (exact) mass is 480 g/mol. The number of benzene rings is 2. The Balaban J connectivity index is 1.58. The molecule has 0 spiro atoms. The van der Waals surface area contributed by atoms with Crippen LogP contribution in [0.5, 0.6) is 11.5 Å². The molecule has 0 radical (unpaired) electrons. The molecule has 12 heteroatoms. The Kier molecular flexibility index (Phi) is 7.59. The normalized spacial score (nSPS) is 17.3. The zero-order valence-corrected chi connectivity index (χ0v) is 18.3. The van der Waals surface area contributed by atoms with Crippen molar-refractivity contribution in [1.82, 2.24) is 5.32 Å². The molecule has 1 fully saturated rings. The van der Waals surface area contributed by atoms with E-state index in [-0.39, 0.29) is 17.3 Å². The molecule has 2 aromatic carbocycles. The van der Waals surface area contributed by atoms with Crippen molar-refractivity contribution in [1.29, 1.82) is 0 Å². The lowest BCUT2D eigenvalue weighted by Gasteiger charge is -2.10. The summed E-state index contributed by atoms with van der Waals surface area (Å²) in [6, 6.07) is 9.41. The minimum absolute atomic E-state index is 0.00774. The zero-order valence-electron chi connectivity index (χ0n) is 17.5. The first-order valence-electron chi connectivity index (χ1n) is 9.47. The third kappa shape index (κ3) is 6.48. The second-order valence-corrected chi connectivity index (χ2v) is 7.88. The summed E-state index contributed by atoms with van der Waals surface area (Å²) in [5, 5.41) is 12.2. The van der Waals surface area contributed by atoms with Crippen molar-refractivity contribution in [2.24, 2.45) is 10.2 Å². The van der Waals surface area contributed by atoms with Gasteiger partial charge >= 0.3 is 6.18 Å². The van der Waals surface area contributed by atoms with Gasteiger partial charge in [0.1, 0.15) is 5.25 Å². The molecule has 1 aliphatic rings. The number of anilines is 1. The number of thioether (sulfide) groups is 1. The van der Waals surface area contributed by atoms with Gasteiger partial charge in [-0.25, -0.2) is 0 Å². The molecule has 1 aliphatic heterocycles. The van der Waals surface area contributed by atoms with Gasteiger partial charge in [-0.05, 0) is 42.0 Å². The van der Waals surface area contributed by atoms with Crippen LogP contribution in [0.4, 0.5) is 18.9 Å². The second kappa shape index (κ2) is 10.4. The molecule has 0 bridgehead atoms. The summed E-state index contributed by atoms with van der Waals surface area (Å²) >= 11 is 1.00. The number of amidine groups is 1. The molecule has 3 rings (SSSR count). The van der Waals surface area contributed by atoms with Crippen LogP contribution >= 0.6 is 11.8 Å². The van der Waals surface area contributed by atoms with Gasteiger partial charge in [0.2, 0.25) is 11.8 Å². The van der Waals surface area contributed by atoms with Crippen LogP contribution in [0.3, 0.4) is 0 Å². The van der Waals surface area contributed by atoms with Crippen LogP contribution < -0.4 is 20.1 Å². The molecule has 1 unspecified atom stereocenters. The summed E-state index contributed by atoms with van der Waals surface area (Å²) < 4.78 is 48.8. The molecule has 1 heterocycles. The molecule has 33 heavy (non-hydrogen) atoms. The Bertz CT molecular complexity index is 1110. The van der Waals surface area contributed by atoms with E-state index >= 15 is 0 Å². The molecule has 174 valence electrons. The molecular formula is C21H19F3N4O4S. The van der Waals surface area contributed by atoms with Gasteiger partial charge in [-0.2, -0.15) is 18.3 Å². The predicted octanol–water partition coefficient (Wildman–Crippen LogP) is 3.67. The molecule has 8 nitrogen and oxygen atoms in total. The number of nitrogens with zero attached hydrogens (tertiary/aromatic N) is 2. The van der Waals surface area contributed by atoms with Gasteiger partial charge < -0.3 is 20.1 Å². The van der Waals surface area contributed by atoms with Gasteiger partial charge in [0.15, 0.2) is 16.7 Å². The topological polar surface area (TPSA) is 101 Å². The summed E-state index contributed by atoms with van der Waals surface area (Å²) in [4.78, 5) is 24.3. The van der Waals surface area contributed by atoms with Gasteiger partial charge in [0, 0.05) is 12.1 Å². The lowest BCUT2D eigenvalue weighted by atomic mass is 10.2. The summed E-state index contributed by atoms with van der Waals surface area (Å²) in [5.74, 6) is 0.0339. The summed E-state index contributed by atoms with van der Waals surface area (Å²) in [6.45, 7) is 0. The number of rotatable bonds is 7. The minimum atomic E-state index is -4.52. The van der Waals surface area contributed by atoms with Gasteiger partial charge in [-0.1, -0.05) is 17.8 Å². The van der Waals surface area contributed by atoms with Gasteiger partial charge in [0.05, 0.1) is 26.0 Å². The SMILES string of the molecule is COc1ccc(/C=N/N=C2\NC(=O)C(CC(=O)Nc3cccc(C(F)(F)F)c3)S2)cc1OC. The van der Waals surface area contributed by atoms with E-state index in [9.17, 15) is 22.8 Å². The number of halogens is 3. The second-order valence-electron chi connectivity index (χ2n) is 6.69. The summed E-state index contributed by atoms with van der Waals surface area (Å²) in [7, 11) is 3.03. The first-order valence-corrected chi connectivity index (χ1v) is 10.3. The lowest BCUT2D eigenvalue weighted by Crippen LogP contribution is -2.28. The highest BCUT2D eigenvalue weighted by atomic mass is 32.2. The first kappa shape index (κ1) is 24.1. The number of amides is 2. The number of carbonyl (C=O) groups is 2. The Morgan fingerprint density at radius 2 is 1.94 bits per heavy atom. The number of carbonyl (C=O) groups excluding carboxylic acids is 2. The Morgan fingerprint density at radius 1 is 1.18 bits per heavy atom. The third-order valence-electron chi connectivity index (χ3n) is 4.38. The van der Waals surface area contributed by atoms with E-state index in [0.29, 0.717) is 17.1 Å². The fourth-order valence-electron chi connectivity index (χ4n) is 2.82. The highest BCUT2D eigenvalue weighted by Crippen LogP contribution is 2.31. The van der Waals surface area contributed by atoms with Crippen LogP contribution in [0.2, 0.25) is 0 Å². The number of methoxy groups -OCH3 is 2. The highest BCUT2D eigenvalue weighted by Gasteiger charge is 2.33. The van der Waals surface area contributed by atoms with Crippen molar-refractivity contribution in [3.63, 3.8) is 0 Å². The molecule has 1 saturated heterocycles. The number of nitrogens with one attached hydrogen (secondary N) is 2. The summed E-state index contributed by atoms with van der Waals surface area (Å²) in [5.41, 5.74) is -0.204. The molecule has 1 atom stereocenters. The number of hydrogen-bond donors (Lipinski definition) is 2. The first-order chi connectivity index (χ1) is 15.7. The molecular weight excluding hydrogens is 461 g/mol. The van der Waals surface area contributed by atoms with E-state index in [1.165, 1.54) is 32.6 Å². The Hall–Kier alpha value is -3.54. The molecule has 2 N–H and O–H groups in total. The van der Waals surface area contributed by atoms with E-state index in [2.05, 4.69) is 20.8 Å². The average molecular weight is 480 g/mol. The predicted molar refractivity (Wildman–Crippen MR) is 119 cm³/mol. The van der Waals surface area contributed by atoms with Crippen LogP contribution in [-0.2, 0) is 15.8 Å². The smallest absolute Gasteiger partial charge is 0.416 e. The fraction of sp³-hybridized carbons (Fsp3) is 0.238. The summed E-state index contributed by atoms with van der Waals surface area (Å²) in [6.07, 6.45) is -3.31. The molecule has 2 amide bonds. The van der Waals surface area contributed by atoms with E-state index < -0.39 is 28.8 Å². The fourth-order valence-corrected chi connectivity index (χ4v) is 3.75. The van der Waals surface area contributed by atoms with Crippen molar-refractivity contribution < 1.29 is 32.2 Å². The Labute approximate surface area is 191 Å². The van der Waals surface area contributed by atoms with Crippen molar-refractivity contribution >= 4 is 40.6 Å². The lowest BCUT2D eigenvalue weighted by molar-refractivity contribution is -0.137. The van der Waals surface area contributed by atoms with Crippen molar-refractivity contribution in [2.45, 2.75) is 17.8 Å². The van der Waals surface area contributed by atoms with Crippen LogP contribution in [0.1, 0.15) is 17.5 Å². The number of hydrogen-bond acceptors (Lipinski definition) is 7. The quantitative estimate of drug-likeness (QED) is 0.465. The van der Waals surface area contributed by atoms with Gasteiger partial charge in [-0.15, -0.1) is 5.10 Å². The standard InChI is InChI=1S/C21H19F3N4O4S/c1-31-15-7-6-12(8-16(15)32-2)11-25-28-20-27-19(30)17(33-20)10-18(29)26-14-5-3-4-13(9-14)21(22,23)24/h3-9,11,17H,10H2,1-2H3,(H,26,29)(H,27,28,30)/b25-11+. The van der Waals surface area contributed by atoms with E-state index in [4.69, 9.17) is 9.47 Å². The van der Waals surface area contributed by atoms with Crippen molar-refractivity contribution in [3.8, 4) is 11.5 Å². The van der Waals surface area contributed by atoms with E-state index in [0.717, 1.165) is 23.9 Å². The zero-order chi connectivity index (χ0) is 24.0. The van der Waals surface area contributed by atoms with Crippen LogP contribution in [0.25, 0.3) is 0 Å². The van der Waals surface area contributed by atoms with Crippen LogP contribution in [-0.4, -0.2) is 42.7 Å². The molecule has 0 aromatic heterocycles. The van der Waals surface area contributed by atoms with Crippen LogP contribution in [0, 0.1) is 0 Å². The average Bonchev–Trinajstić information content (AvgIpc) is 3.11. The number of ether oxygens (including phenoxy) is 2. The molecule has 2 aromatic rings. The molecule has 0 saturated carbocycles. The van der Waals surface area contributed by atoms with Crippen molar-refractivity contribution in [3.05, 3.63) is 53.6 Å². The van der Waals surface area contributed by atoms with E-state index in [1.54, 1.807) is 18.2 Å². The maximum Gasteiger partial charge on any atom is 0.416 e. The van der Waals surface area contributed by atoms with Crippen molar-refractivity contribution in [2.75, 3.05) is 19.5 Å². The van der Waals surface area contributed by atoms with E-state index in [1.807, 2.05) is 0 Å². The maximum atomic E-state index is 12.8. The Morgan fingerprint density at radius 3 is 2.64 bits per heavy atom. The maximum absolute atomic E-state index is 12.8.